The van der Waals surface area contributed by atoms with Crippen LogP contribution in [0, 0.1) is 0 Å². The van der Waals surface area contributed by atoms with E-state index in [0.29, 0.717) is 5.82 Å². The van der Waals surface area contributed by atoms with E-state index in [4.69, 9.17) is 5.73 Å². The summed E-state index contributed by atoms with van der Waals surface area (Å²) in [4.78, 5) is 5.16. The number of hydrogen-bond donors (Lipinski definition) is 1. The highest BCUT2D eigenvalue weighted by Gasteiger charge is 2.08. The first-order valence-corrected chi connectivity index (χ1v) is 5.46. The van der Waals surface area contributed by atoms with Crippen LogP contribution in [-0.2, 0) is 7.05 Å². The molecule has 0 radical (unpaired) electrons. The zero-order chi connectivity index (χ0) is 10.4. The minimum absolute atomic E-state index is 0.569. The lowest BCUT2D eigenvalue weighted by Gasteiger charge is -1.93. The fourth-order valence-electron chi connectivity index (χ4n) is 1.66. The number of rotatable bonds is 1. The zero-order valence-corrected chi connectivity index (χ0v) is 9.03. The van der Waals surface area contributed by atoms with Crippen LogP contribution in [-0.4, -0.2) is 14.0 Å². The number of nitrogen functional groups attached to an aromatic ring is 1. The van der Waals surface area contributed by atoms with Crippen molar-refractivity contribution in [3.63, 3.8) is 0 Å². The van der Waals surface area contributed by atoms with Gasteiger partial charge in [0.05, 0.1) is 11.9 Å². The van der Waals surface area contributed by atoms with Gasteiger partial charge in [0.15, 0.2) is 4.96 Å². The SMILES string of the molecule is Cn1ccc(-c2csc3nc(N)cn23)c1. The molecule has 4 nitrogen and oxygen atoms in total. The summed E-state index contributed by atoms with van der Waals surface area (Å²) in [6, 6.07) is 2.08. The molecular weight excluding hydrogens is 208 g/mol. The molecule has 0 aromatic carbocycles. The second kappa shape index (κ2) is 2.87. The average Bonchev–Trinajstić information content (AvgIpc) is 2.80. The average molecular weight is 218 g/mol. The van der Waals surface area contributed by atoms with Gasteiger partial charge in [-0.15, -0.1) is 11.3 Å². The molecule has 3 heterocycles. The normalized spacial score (nSPS) is 11.3. The standard InChI is InChI=1S/C10H10N4S/c1-13-3-2-7(4-13)8-6-15-10-12-9(11)5-14(8)10/h2-6H,11H2,1H3. The van der Waals surface area contributed by atoms with Crippen LogP contribution in [0.2, 0.25) is 0 Å². The molecule has 2 N–H and O–H groups in total. The lowest BCUT2D eigenvalue weighted by atomic mass is 10.3. The smallest absolute Gasteiger partial charge is 0.196 e. The van der Waals surface area contributed by atoms with Crippen molar-refractivity contribution in [2.24, 2.45) is 7.05 Å². The fraction of sp³-hybridized carbons (Fsp3) is 0.100. The van der Waals surface area contributed by atoms with E-state index in [1.807, 2.05) is 28.4 Å². The molecule has 76 valence electrons. The molecule has 0 amide bonds. The first-order valence-electron chi connectivity index (χ1n) is 4.58. The number of thiazole rings is 1. The van der Waals surface area contributed by atoms with Gasteiger partial charge < -0.3 is 10.3 Å². The van der Waals surface area contributed by atoms with Crippen LogP contribution >= 0.6 is 11.3 Å². The van der Waals surface area contributed by atoms with Gasteiger partial charge in [-0.25, -0.2) is 4.98 Å². The molecule has 0 fully saturated rings. The quantitative estimate of drug-likeness (QED) is 0.679. The number of imidazole rings is 1. The van der Waals surface area contributed by atoms with Gasteiger partial charge in [-0.3, -0.25) is 4.40 Å². The van der Waals surface area contributed by atoms with E-state index in [9.17, 15) is 0 Å². The molecule has 5 heteroatoms. The number of nitrogens with two attached hydrogens (primary N) is 1. The number of nitrogens with zero attached hydrogens (tertiary/aromatic N) is 3. The van der Waals surface area contributed by atoms with Crippen LogP contribution in [0.3, 0.4) is 0 Å². The number of hydrogen-bond acceptors (Lipinski definition) is 3. The maximum Gasteiger partial charge on any atom is 0.196 e. The van der Waals surface area contributed by atoms with E-state index in [1.54, 1.807) is 11.3 Å². The monoisotopic (exact) mass is 218 g/mol. The summed E-state index contributed by atoms with van der Waals surface area (Å²) in [5, 5.41) is 2.09. The van der Waals surface area contributed by atoms with Crippen molar-refractivity contribution in [2.45, 2.75) is 0 Å². The highest BCUT2D eigenvalue weighted by atomic mass is 32.1. The van der Waals surface area contributed by atoms with Crippen LogP contribution in [0.25, 0.3) is 16.2 Å². The van der Waals surface area contributed by atoms with Gasteiger partial charge in [0.2, 0.25) is 0 Å². The van der Waals surface area contributed by atoms with Crippen LogP contribution in [0.1, 0.15) is 0 Å². The van der Waals surface area contributed by atoms with Crippen molar-refractivity contribution in [2.75, 3.05) is 5.73 Å². The molecule has 0 aliphatic carbocycles. The molecule has 0 aliphatic heterocycles. The first-order chi connectivity index (χ1) is 7.24. The molecular formula is C10H10N4S. The van der Waals surface area contributed by atoms with Crippen molar-refractivity contribution in [1.29, 1.82) is 0 Å². The lowest BCUT2D eigenvalue weighted by molar-refractivity contribution is 0.928. The van der Waals surface area contributed by atoms with E-state index in [0.717, 1.165) is 10.7 Å². The molecule has 3 aromatic heterocycles. The number of aromatic nitrogens is 3. The van der Waals surface area contributed by atoms with Crippen LogP contribution in [0.4, 0.5) is 5.82 Å². The number of aryl methyl sites for hydroxylation is 1. The van der Waals surface area contributed by atoms with E-state index in [1.165, 1.54) is 5.56 Å². The molecule has 0 unspecified atom stereocenters. The zero-order valence-electron chi connectivity index (χ0n) is 8.21. The van der Waals surface area contributed by atoms with Crippen LogP contribution in [0.5, 0.6) is 0 Å². The molecule has 0 saturated carbocycles. The van der Waals surface area contributed by atoms with Crippen LogP contribution in [0.15, 0.2) is 30.0 Å². The first kappa shape index (κ1) is 8.55. The third-order valence-corrected chi connectivity index (χ3v) is 3.20. The third-order valence-electron chi connectivity index (χ3n) is 2.36. The van der Waals surface area contributed by atoms with Gasteiger partial charge >= 0.3 is 0 Å². The summed E-state index contributed by atoms with van der Waals surface area (Å²) in [6.07, 6.45) is 5.96. The summed E-state index contributed by atoms with van der Waals surface area (Å²) < 4.78 is 4.05. The Morgan fingerprint density at radius 1 is 1.40 bits per heavy atom. The van der Waals surface area contributed by atoms with Crippen molar-refractivity contribution in [3.05, 3.63) is 30.0 Å². The molecule has 0 aliphatic rings. The van der Waals surface area contributed by atoms with Gasteiger partial charge in [0, 0.05) is 30.4 Å². The second-order valence-corrected chi connectivity index (χ2v) is 4.34. The minimum Gasteiger partial charge on any atom is -0.382 e. The topological polar surface area (TPSA) is 48.2 Å². The van der Waals surface area contributed by atoms with Gasteiger partial charge in [-0.05, 0) is 6.07 Å². The van der Waals surface area contributed by atoms with Gasteiger partial charge in [0.1, 0.15) is 5.82 Å². The Morgan fingerprint density at radius 2 is 2.27 bits per heavy atom. The summed E-state index contributed by atoms with van der Waals surface area (Å²) in [5.74, 6) is 0.569. The summed E-state index contributed by atoms with van der Waals surface area (Å²) in [6.45, 7) is 0. The highest BCUT2D eigenvalue weighted by Crippen LogP contribution is 2.26. The van der Waals surface area contributed by atoms with E-state index in [-0.39, 0.29) is 0 Å². The van der Waals surface area contributed by atoms with E-state index < -0.39 is 0 Å². The maximum absolute atomic E-state index is 5.66. The third kappa shape index (κ3) is 1.24. The highest BCUT2D eigenvalue weighted by molar-refractivity contribution is 7.15. The van der Waals surface area contributed by atoms with Crippen molar-refractivity contribution in [3.8, 4) is 11.3 Å². The molecule has 15 heavy (non-hydrogen) atoms. The molecule has 0 atom stereocenters. The van der Waals surface area contributed by atoms with Crippen molar-refractivity contribution < 1.29 is 0 Å². The van der Waals surface area contributed by atoms with Crippen molar-refractivity contribution >= 4 is 22.1 Å². The van der Waals surface area contributed by atoms with E-state index >= 15 is 0 Å². The molecule has 0 saturated heterocycles. The van der Waals surface area contributed by atoms with Crippen molar-refractivity contribution in [1.82, 2.24) is 14.0 Å². The Hall–Kier alpha value is -1.75. The Labute approximate surface area is 90.6 Å². The predicted molar refractivity (Wildman–Crippen MR) is 61.9 cm³/mol. The number of anilines is 1. The van der Waals surface area contributed by atoms with Gasteiger partial charge in [-0.1, -0.05) is 0 Å². The molecule has 0 spiro atoms. The molecule has 0 bridgehead atoms. The lowest BCUT2D eigenvalue weighted by Crippen LogP contribution is -1.84. The second-order valence-electron chi connectivity index (χ2n) is 3.50. The maximum atomic E-state index is 5.66. The Bertz CT molecular complexity index is 616. The Morgan fingerprint density at radius 3 is 3.00 bits per heavy atom. The van der Waals surface area contributed by atoms with Crippen LogP contribution < -0.4 is 5.73 Å². The summed E-state index contributed by atoms with van der Waals surface area (Å²) in [7, 11) is 2.01. The Balaban J connectivity index is 2.26. The summed E-state index contributed by atoms with van der Waals surface area (Å²) >= 11 is 1.60. The van der Waals surface area contributed by atoms with E-state index in [2.05, 4.69) is 22.6 Å². The van der Waals surface area contributed by atoms with Gasteiger partial charge in [-0.2, -0.15) is 0 Å². The number of fused-ring (bicyclic) bond motifs is 1. The summed E-state index contributed by atoms with van der Waals surface area (Å²) in [5.41, 5.74) is 7.98. The molecule has 3 aromatic rings. The van der Waals surface area contributed by atoms with Gasteiger partial charge in [0.25, 0.3) is 0 Å². The molecule has 3 rings (SSSR count). The largest absolute Gasteiger partial charge is 0.382 e. The minimum atomic E-state index is 0.569. The fourth-order valence-corrected chi connectivity index (χ4v) is 2.55. The predicted octanol–water partition coefficient (Wildman–Crippen LogP) is 1.98. The Kier molecular flexibility index (Phi) is 1.63.